The molecule has 0 fully saturated rings. The molecule has 48 heavy (non-hydrogen) atoms. The molecular formula is C34H40Cl6O8. The van der Waals surface area contributed by atoms with Gasteiger partial charge in [-0.05, 0) is 47.6 Å². The predicted molar refractivity (Wildman–Crippen MR) is 190 cm³/mol. The van der Waals surface area contributed by atoms with E-state index in [-0.39, 0.29) is 66.0 Å². The first kappa shape index (κ1) is 42.2. The SMILES string of the molecule is CCC(CCOC(=O)c1c(Cl)c(Cl)cc(Cl)c1OC(=O)C(=O)Oc1c(Cl)cc(Cl)c(Cl)c1C(=O)OCCC(CC)C(C)(C)C)C(C)(C)C. The summed E-state index contributed by atoms with van der Waals surface area (Å²) in [6, 6.07) is 2.24. The fourth-order valence-electron chi connectivity index (χ4n) is 5.22. The van der Waals surface area contributed by atoms with E-state index in [0.717, 1.165) is 25.0 Å². The summed E-state index contributed by atoms with van der Waals surface area (Å²) in [4.78, 5) is 52.3. The number of benzene rings is 2. The van der Waals surface area contributed by atoms with Crippen LogP contribution in [0.15, 0.2) is 12.1 Å². The van der Waals surface area contributed by atoms with Gasteiger partial charge >= 0.3 is 23.9 Å². The van der Waals surface area contributed by atoms with Gasteiger partial charge in [0.15, 0.2) is 11.5 Å². The van der Waals surface area contributed by atoms with E-state index in [9.17, 15) is 19.2 Å². The Morgan fingerprint density at radius 1 is 0.583 bits per heavy atom. The van der Waals surface area contributed by atoms with Crippen LogP contribution >= 0.6 is 69.6 Å². The quantitative estimate of drug-likeness (QED) is 0.0906. The van der Waals surface area contributed by atoms with Gasteiger partial charge in [0.05, 0.1) is 43.3 Å². The molecule has 0 heterocycles. The average molecular weight is 789 g/mol. The first-order chi connectivity index (χ1) is 22.1. The van der Waals surface area contributed by atoms with Crippen LogP contribution in [-0.2, 0) is 19.1 Å². The highest BCUT2D eigenvalue weighted by atomic mass is 35.5. The Kier molecular flexibility index (Phi) is 15.7. The molecule has 2 rings (SSSR count). The lowest BCUT2D eigenvalue weighted by atomic mass is 9.77. The largest absolute Gasteiger partial charge is 0.462 e. The number of ether oxygens (including phenoxy) is 4. The summed E-state index contributed by atoms with van der Waals surface area (Å²) >= 11 is 37.5. The zero-order valence-electron chi connectivity index (χ0n) is 28.1. The molecule has 0 aliphatic heterocycles. The number of carbonyl (C=O) groups excluding carboxylic acids is 4. The summed E-state index contributed by atoms with van der Waals surface area (Å²) in [7, 11) is 0. The standard InChI is InChI=1S/C34H40Cl6O8/c1-9-17(33(3,4)5)11-13-45-29(41)23-25(39)19(35)15-21(37)27(23)47-31(43)32(44)48-28-22(38)16-20(36)26(40)24(28)30(42)46-14-12-18(10-2)34(6,7)8/h15-18H,9-14H2,1-8H3. The smallest absolute Gasteiger partial charge is 0.423 e. The Balaban J connectivity index is 2.33. The lowest BCUT2D eigenvalue weighted by Crippen LogP contribution is -2.28. The lowest BCUT2D eigenvalue weighted by molar-refractivity contribution is -0.156. The molecule has 0 bridgehead atoms. The number of halogens is 6. The molecule has 266 valence electrons. The third-order valence-electron chi connectivity index (χ3n) is 8.05. The van der Waals surface area contributed by atoms with Crippen LogP contribution in [0.3, 0.4) is 0 Å². The number of carbonyl (C=O) groups is 4. The number of esters is 4. The highest BCUT2D eigenvalue weighted by molar-refractivity contribution is 6.47. The maximum absolute atomic E-state index is 13.2. The van der Waals surface area contributed by atoms with Crippen molar-refractivity contribution in [2.24, 2.45) is 22.7 Å². The highest BCUT2D eigenvalue weighted by Crippen LogP contribution is 2.42. The van der Waals surface area contributed by atoms with Crippen molar-refractivity contribution in [3.63, 3.8) is 0 Å². The van der Waals surface area contributed by atoms with Gasteiger partial charge in [0.2, 0.25) is 0 Å². The summed E-state index contributed by atoms with van der Waals surface area (Å²) in [5.74, 6) is -5.99. The zero-order valence-corrected chi connectivity index (χ0v) is 32.6. The molecule has 2 unspecified atom stereocenters. The molecule has 2 aromatic rings. The predicted octanol–water partition coefficient (Wildman–Crippen LogP) is 11.4. The average Bonchev–Trinajstić information content (AvgIpc) is 2.97. The Hall–Kier alpha value is -1.94. The third kappa shape index (κ3) is 11.0. The van der Waals surface area contributed by atoms with Crippen molar-refractivity contribution in [1.29, 1.82) is 0 Å². The fraction of sp³-hybridized carbons (Fsp3) is 0.529. The fourth-order valence-corrected chi connectivity index (χ4v) is 6.66. The first-order valence-corrected chi connectivity index (χ1v) is 17.5. The molecule has 0 spiro atoms. The normalized spacial score (nSPS) is 13.0. The summed E-state index contributed by atoms with van der Waals surface area (Å²) < 4.78 is 21.3. The van der Waals surface area contributed by atoms with E-state index in [0.29, 0.717) is 12.8 Å². The Morgan fingerprint density at radius 2 is 0.896 bits per heavy atom. The molecular weight excluding hydrogens is 749 g/mol. The van der Waals surface area contributed by atoms with Crippen molar-refractivity contribution in [2.45, 2.75) is 81.1 Å². The van der Waals surface area contributed by atoms with E-state index in [1.54, 1.807) is 0 Å². The van der Waals surface area contributed by atoms with Crippen LogP contribution in [0, 0.1) is 22.7 Å². The maximum atomic E-state index is 13.2. The van der Waals surface area contributed by atoms with E-state index < -0.39 is 46.5 Å². The van der Waals surface area contributed by atoms with Gasteiger partial charge in [-0.25, -0.2) is 19.2 Å². The molecule has 0 radical (unpaired) electrons. The molecule has 0 aliphatic rings. The van der Waals surface area contributed by atoms with Crippen molar-refractivity contribution >= 4 is 93.5 Å². The van der Waals surface area contributed by atoms with Crippen molar-refractivity contribution in [2.75, 3.05) is 13.2 Å². The molecule has 0 saturated carbocycles. The van der Waals surface area contributed by atoms with Crippen LogP contribution in [0.1, 0.15) is 102 Å². The van der Waals surface area contributed by atoms with Gasteiger partial charge in [-0.15, -0.1) is 0 Å². The van der Waals surface area contributed by atoms with Gasteiger partial charge in [-0.3, -0.25) is 0 Å². The molecule has 0 saturated heterocycles. The van der Waals surface area contributed by atoms with Gasteiger partial charge in [-0.2, -0.15) is 0 Å². The minimum atomic E-state index is -1.65. The van der Waals surface area contributed by atoms with Crippen LogP contribution in [0.5, 0.6) is 11.5 Å². The second-order valence-corrected chi connectivity index (χ2v) is 15.7. The third-order valence-corrected chi connectivity index (χ3v) is 10.2. The number of hydrogen-bond acceptors (Lipinski definition) is 8. The molecule has 0 N–H and O–H groups in total. The Morgan fingerprint density at radius 3 is 1.17 bits per heavy atom. The molecule has 14 heteroatoms. The van der Waals surface area contributed by atoms with Crippen LogP contribution in [0.25, 0.3) is 0 Å². The number of rotatable bonds is 12. The van der Waals surface area contributed by atoms with Crippen molar-refractivity contribution < 1.29 is 38.1 Å². The Bertz CT molecular complexity index is 1410. The summed E-state index contributed by atoms with van der Waals surface area (Å²) in [5.41, 5.74) is -1.01. The van der Waals surface area contributed by atoms with E-state index in [4.69, 9.17) is 88.6 Å². The van der Waals surface area contributed by atoms with Crippen LogP contribution < -0.4 is 9.47 Å². The monoisotopic (exact) mass is 786 g/mol. The van der Waals surface area contributed by atoms with Gasteiger partial charge in [0.25, 0.3) is 0 Å². The summed E-state index contributed by atoms with van der Waals surface area (Å²) in [6.45, 7) is 16.6. The van der Waals surface area contributed by atoms with Gasteiger partial charge in [-0.1, -0.05) is 138 Å². The number of hydrogen-bond donors (Lipinski definition) is 0. The summed E-state index contributed by atoms with van der Waals surface area (Å²) in [5, 5.41) is -1.54. The Labute approximate surface area is 311 Å². The summed E-state index contributed by atoms with van der Waals surface area (Å²) in [6.07, 6.45) is 2.80. The van der Waals surface area contributed by atoms with Crippen molar-refractivity contribution in [3.05, 3.63) is 53.4 Å². The molecule has 2 aromatic carbocycles. The van der Waals surface area contributed by atoms with Gasteiger partial charge in [0, 0.05) is 0 Å². The van der Waals surface area contributed by atoms with E-state index in [1.165, 1.54) is 0 Å². The van der Waals surface area contributed by atoms with E-state index in [2.05, 4.69) is 41.5 Å². The van der Waals surface area contributed by atoms with Crippen LogP contribution in [-0.4, -0.2) is 37.1 Å². The van der Waals surface area contributed by atoms with Gasteiger partial charge < -0.3 is 18.9 Å². The van der Waals surface area contributed by atoms with E-state index >= 15 is 0 Å². The second-order valence-electron chi connectivity index (χ2n) is 13.3. The van der Waals surface area contributed by atoms with Crippen LogP contribution in [0.4, 0.5) is 0 Å². The zero-order chi connectivity index (χ0) is 36.7. The van der Waals surface area contributed by atoms with Crippen molar-refractivity contribution in [1.82, 2.24) is 0 Å². The molecule has 0 aromatic heterocycles. The highest BCUT2D eigenvalue weighted by Gasteiger charge is 2.33. The minimum absolute atomic E-state index is 0.0223. The van der Waals surface area contributed by atoms with Crippen molar-refractivity contribution in [3.8, 4) is 11.5 Å². The molecule has 0 aliphatic carbocycles. The first-order valence-electron chi connectivity index (χ1n) is 15.3. The van der Waals surface area contributed by atoms with Gasteiger partial charge in [0.1, 0.15) is 11.1 Å². The molecule has 8 nitrogen and oxygen atoms in total. The maximum Gasteiger partial charge on any atom is 0.423 e. The molecule has 2 atom stereocenters. The molecule has 0 amide bonds. The van der Waals surface area contributed by atoms with Crippen LogP contribution in [0.2, 0.25) is 30.1 Å². The van der Waals surface area contributed by atoms with E-state index in [1.807, 2.05) is 13.8 Å². The minimum Gasteiger partial charge on any atom is -0.462 e. The lowest BCUT2D eigenvalue weighted by Gasteiger charge is -2.29. The second kappa shape index (κ2) is 17.8. The topological polar surface area (TPSA) is 105 Å².